The lowest BCUT2D eigenvalue weighted by Gasteiger charge is -2.14. The SMILES string of the molecule is Cc1ccc(C)c(NC(=O)CSc2nnc(CNC(=O)c3ccccc3C(F)(F)F)n2-c2ccc(Cl)c(Cl)c2)c1. The minimum absolute atomic E-state index is 0.0157. The van der Waals surface area contributed by atoms with Gasteiger partial charge in [-0.25, -0.2) is 0 Å². The molecule has 0 radical (unpaired) electrons. The highest BCUT2D eigenvalue weighted by molar-refractivity contribution is 7.99. The van der Waals surface area contributed by atoms with Gasteiger partial charge in [-0.1, -0.05) is 59.2 Å². The van der Waals surface area contributed by atoms with Crippen molar-refractivity contribution in [2.24, 2.45) is 0 Å². The van der Waals surface area contributed by atoms with E-state index >= 15 is 0 Å². The van der Waals surface area contributed by atoms with Gasteiger partial charge in [0, 0.05) is 5.69 Å². The molecule has 2 amide bonds. The normalized spacial score (nSPS) is 11.4. The minimum atomic E-state index is -4.70. The third kappa shape index (κ3) is 6.96. The van der Waals surface area contributed by atoms with Crippen LogP contribution in [0, 0.1) is 13.8 Å². The predicted octanol–water partition coefficient (Wildman–Crippen LogP) is 6.87. The topological polar surface area (TPSA) is 88.9 Å². The standard InChI is InChI=1S/C27H22Cl2F3N5O2S/c1-15-7-8-16(2)22(11-15)34-24(38)14-40-26-36-35-23(37(26)17-9-10-20(28)21(29)12-17)13-33-25(39)18-5-3-4-6-19(18)27(30,31)32/h3-12H,13-14H2,1-2H3,(H,33,39)(H,34,38). The number of hydrogen-bond acceptors (Lipinski definition) is 5. The Kier molecular flexibility index (Phi) is 9.07. The van der Waals surface area contributed by atoms with E-state index < -0.39 is 23.2 Å². The maximum Gasteiger partial charge on any atom is 0.417 e. The Morgan fingerprint density at radius 3 is 2.45 bits per heavy atom. The summed E-state index contributed by atoms with van der Waals surface area (Å²) in [5, 5.41) is 14.5. The zero-order chi connectivity index (χ0) is 29.0. The van der Waals surface area contributed by atoms with Crippen molar-refractivity contribution >= 4 is 52.5 Å². The number of nitrogens with zero attached hydrogens (tertiary/aromatic N) is 3. The summed E-state index contributed by atoms with van der Waals surface area (Å²) in [4.78, 5) is 25.4. The van der Waals surface area contributed by atoms with Crippen molar-refractivity contribution in [3.8, 4) is 5.69 Å². The van der Waals surface area contributed by atoms with Crippen molar-refractivity contribution in [1.29, 1.82) is 0 Å². The number of benzene rings is 3. The predicted molar refractivity (Wildman–Crippen MR) is 149 cm³/mol. The first kappa shape index (κ1) is 29.4. The van der Waals surface area contributed by atoms with E-state index in [0.717, 1.165) is 35.0 Å². The van der Waals surface area contributed by atoms with Crippen molar-refractivity contribution in [3.63, 3.8) is 0 Å². The van der Waals surface area contributed by atoms with Gasteiger partial charge in [0.05, 0.1) is 39.2 Å². The van der Waals surface area contributed by atoms with Crippen molar-refractivity contribution in [3.05, 3.63) is 98.8 Å². The summed E-state index contributed by atoms with van der Waals surface area (Å²) in [5.41, 5.74) is 1.51. The van der Waals surface area contributed by atoms with Gasteiger partial charge in [-0.15, -0.1) is 10.2 Å². The van der Waals surface area contributed by atoms with Crippen LogP contribution in [0.15, 0.2) is 65.8 Å². The van der Waals surface area contributed by atoms with Gasteiger partial charge in [0.15, 0.2) is 11.0 Å². The fourth-order valence-electron chi connectivity index (χ4n) is 3.76. The highest BCUT2D eigenvalue weighted by Crippen LogP contribution is 2.32. The molecule has 7 nitrogen and oxygen atoms in total. The van der Waals surface area contributed by atoms with Crippen LogP contribution in [0.4, 0.5) is 18.9 Å². The Morgan fingerprint density at radius 2 is 1.73 bits per heavy atom. The van der Waals surface area contributed by atoms with Crippen molar-refractivity contribution < 1.29 is 22.8 Å². The molecule has 0 bridgehead atoms. The molecule has 3 aromatic carbocycles. The van der Waals surface area contributed by atoms with E-state index in [9.17, 15) is 22.8 Å². The molecule has 4 rings (SSSR count). The molecule has 0 saturated carbocycles. The van der Waals surface area contributed by atoms with Crippen LogP contribution in [0.1, 0.15) is 32.9 Å². The number of aromatic nitrogens is 3. The van der Waals surface area contributed by atoms with Gasteiger partial charge in [-0.3, -0.25) is 14.2 Å². The largest absolute Gasteiger partial charge is 0.417 e. The van der Waals surface area contributed by atoms with Gasteiger partial charge in [-0.2, -0.15) is 13.2 Å². The Hall–Kier alpha value is -3.54. The molecule has 2 N–H and O–H groups in total. The number of carbonyl (C=O) groups is 2. The first-order valence-corrected chi connectivity index (χ1v) is 13.5. The number of aryl methyl sites for hydroxylation is 2. The summed E-state index contributed by atoms with van der Waals surface area (Å²) in [6.45, 7) is 3.55. The summed E-state index contributed by atoms with van der Waals surface area (Å²) >= 11 is 13.4. The Morgan fingerprint density at radius 1 is 0.975 bits per heavy atom. The number of nitrogens with one attached hydrogen (secondary N) is 2. The third-order valence-electron chi connectivity index (χ3n) is 5.75. The molecule has 0 unspecified atom stereocenters. The van der Waals surface area contributed by atoms with E-state index in [1.807, 2.05) is 32.0 Å². The molecule has 0 aliphatic rings. The number of carbonyl (C=O) groups excluding carboxylic acids is 2. The van der Waals surface area contributed by atoms with Crippen LogP contribution in [-0.4, -0.2) is 32.3 Å². The van der Waals surface area contributed by atoms with Gasteiger partial charge in [0.2, 0.25) is 5.91 Å². The molecule has 0 saturated heterocycles. The molecule has 13 heteroatoms. The number of thioether (sulfide) groups is 1. The zero-order valence-electron chi connectivity index (χ0n) is 21.1. The van der Waals surface area contributed by atoms with Gasteiger partial charge >= 0.3 is 6.18 Å². The van der Waals surface area contributed by atoms with E-state index in [-0.39, 0.29) is 29.1 Å². The third-order valence-corrected chi connectivity index (χ3v) is 7.41. The van der Waals surface area contributed by atoms with Crippen LogP contribution in [0.25, 0.3) is 5.69 Å². The second-order valence-electron chi connectivity index (χ2n) is 8.71. The van der Waals surface area contributed by atoms with E-state index in [1.54, 1.807) is 22.8 Å². The van der Waals surface area contributed by atoms with E-state index in [4.69, 9.17) is 23.2 Å². The number of rotatable bonds is 8. The fourth-order valence-corrected chi connectivity index (χ4v) is 4.82. The first-order valence-electron chi connectivity index (χ1n) is 11.8. The molecule has 40 heavy (non-hydrogen) atoms. The zero-order valence-corrected chi connectivity index (χ0v) is 23.5. The van der Waals surface area contributed by atoms with Crippen molar-refractivity contribution in [2.45, 2.75) is 31.7 Å². The highest BCUT2D eigenvalue weighted by atomic mass is 35.5. The van der Waals surface area contributed by atoms with E-state index in [2.05, 4.69) is 20.8 Å². The number of anilines is 1. The average Bonchev–Trinajstić information content (AvgIpc) is 3.32. The number of amides is 2. The summed E-state index contributed by atoms with van der Waals surface area (Å²) in [7, 11) is 0. The minimum Gasteiger partial charge on any atom is -0.345 e. The quantitative estimate of drug-likeness (QED) is 0.213. The Bertz CT molecular complexity index is 1580. The van der Waals surface area contributed by atoms with Crippen molar-refractivity contribution in [2.75, 3.05) is 11.1 Å². The lowest BCUT2D eigenvalue weighted by Crippen LogP contribution is -2.27. The fraction of sp³-hybridized carbons (Fsp3) is 0.185. The molecule has 0 fully saturated rings. The molecular formula is C27H22Cl2F3N5O2S. The maximum atomic E-state index is 13.4. The second kappa shape index (κ2) is 12.3. The summed E-state index contributed by atoms with van der Waals surface area (Å²) < 4.78 is 41.7. The first-order chi connectivity index (χ1) is 18.9. The smallest absolute Gasteiger partial charge is 0.345 e. The molecule has 4 aromatic rings. The van der Waals surface area contributed by atoms with Crippen LogP contribution in [0.2, 0.25) is 10.0 Å². The second-order valence-corrected chi connectivity index (χ2v) is 10.5. The molecule has 0 atom stereocenters. The van der Waals surface area contributed by atoms with Gasteiger partial charge in [0.25, 0.3) is 5.91 Å². The van der Waals surface area contributed by atoms with Crippen LogP contribution < -0.4 is 10.6 Å². The lowest BCUT2D eigenvalue weighted by molar-refractivity contribution is -0.138. The molecular weight excluding hydrogens is 586 g/mol. The van der Waals surface area contributed by atoms with E-state index in [0.29, 0.717) is 21.6 Å². The molecule has 1 heterocycles. The van der Waals surface area contributed by atoms with Gasteiger partial charge < -0.3 is 10.6 Å². The summed E-state index contributed by atoms with van der Waals surface area (Å²) in [6, 6.07) is 15.0. The molecule has 0 aliphatic heterocycles. The number of alkyl halides is 3. The van der Waals surface area contributed by atoms with Gasteiger partial charge in [-0.05, 0) is 61.4 Å². The Balaban J connectivity index is 1.57. The summed E-state index contributed by atoms with van der Waals surface area (Å²) in [5.74, 6) is -1.02. The van der Waals surface area contributed by atoms with Crippen LogP contribution in [0.5, 0.6) is 0 Å². The van der Waals surface area contributed by atoms with Crippen LogP contribution in [0.3, 0.4) is 0 Å². The lowest BCUT2D eigenvalue weighted by atomic mass is 10.1. The molecule has 208 valence electrons. The molecule has 0 spiro atoms. The monoisotopic (exact) mass is 607 g/mol. The Labute approximate surface area is 242 Å². The average molecular weight is 608 g/mol. The van der Waals surface area contributed by atoms with Crippen LogP contribution >= 0.6 is 35.0 Å². The van der Waals surface area contributed by atoms with Gasteiger partial charge in [0.1, 0.15) is 0 Å². The maximum absolute atomic E-state index is 13.4. The highest BCUT2D eigenvalue weighted by Gasteiger charge is 2.34. The summed E-state index contributed by atoms with van der Waals surface area (Å²) in [6.07, 6.45) is -4.70. The van der Waals surface area contributed by atoms with Crippen LogP contribution in [-0.2, 0) is 17.5 Å². The number of hydrogen-bond donors (Lipinski definition) is 2. The molecule has 0 aliphatic carbocycles. The number of halogens is 5. The molecule has 1 aromatic heterocycles. The van der Waals surface area contributed by atoms with E-state index in [1.165, 1.54) is 12.1 Å². The van der Waals surface area contributed by atoms with Crippen molar-refractivity contribution in [1.82, 2.24) is 20.1 Å².